The van der Waals surface area contributed by atoms with Gasteiger partial charge in [0.15, 0.2) is 24.3 Å². The second kappa shape index (κ2) is 10.8. The third-order valence-electron chi connectivity index (χ3n) is 5.68. The normalized spacial score (nSPS) is 23.5. The number of anilines is 1. The molecule has 0 bridgehead atoms. The summed E-state index contributed by atoms with van der Waals surface area (Å²) in [5, 5.41) is 0. The maximum absolute atomic E-state index is 12.7. The average molecular weight is 516 g/mol. The summed E-state index contributed by atoms with van der Waals surface area (Å²) >= 11 is 0. The van der Waals surface area contributed by atoms with E-state index in [0.29, 0.717) is 5.56 Å². The molecule has 2 aliphatic heterocycles. The van der Waals surface area contributed by atoms with E-state index in [4.69, 9.17) is 29.5 Å². The second-order valence-electron chi connectivity index (χ2n) is 8.57. The van der Waals surface area contributed by atoms with Crippen LogP contribution >= 0.6 is 0 Å². The molecule has 0 spiro atoms. The zero-order valence-corrected chi connectivity index (χ0v) is 19.8. The van der Waals surface area contributed by atoms with Gasteiger partial charge in [0, 0.05) is 12.3 Å². The van der Waals surface area contributed by atoms with Gasteiger partial charge in [-0.25, -0.2) is 29.5 Å². The van der Waals surface area contributed by atoms with Crippen LogP contribution in [0.3, 0.4) is 0 Å². The molecule has 2 saturated heterocycles. The van der Waals surface area contributed by atoms with E-state index in [1.807, 2.05) is 0 Å². The molecule has 2 aliphatic rings. The molecule has 3 N–H and O–H groups in total. The summed E-state index contributed by atoms with van der Waals surface area (Å²) in [6.07, 6.45) is -3.43. The van der Waals surface area contributed by atoms with Gasteiger partial charge in [-0.3, -0.25) is 4.57 Å². The van der Waals surface area contributed by atoms with E-state index in [1.165, 1.54) is 12.3 Å². The molecule has 0 amide bonds. The number of carbonyl (C=O) groups excluding carboxylic acids is 4. The molecule has 0 saturated carbocycles. The van der Waals surface area contributed by atoms with Crippen LogP contribution in [0.1, 0.15) is 30.4 Å². The number of rotatable bonds is 8. The van der Waals surface area contributed by atoms with Crippen molar-refractivity contribution < 1.29 is 43.0 Å². The van der Waals surface area contributed by atoms with E-state index in [2.05, 4.69) is 10.5 Å². The molecule has 3 heterocycles. The first kappa shape index (κ1) is 25.8. The first-order valence-electron chi connectivity index (χ1n) is 11.3. The Bertz CT molecular complexity index is 1250. The van der Waals surface area contributed by atoms with E-state index in [9.17, 15) is 24.0 Å². The molecule has 14 heteroatoms. The highest BCUT2D eigenvalue weighted by molar-refractivity contribution is 6.30. The Balaban J connectivity index is 1.48. The second-order valence-corrected chi connectivity index (χ2v) is 8.57. The van der Waals surface area contributed by atoms with Gasteiger partial charge < -0.3 is 29.5 Å². The summed E-state index contributed by atoms with van der Waals surface area (Å²) < 4.78 is 22.4. The fourth-order valence-corrected chi connectivity index (χ4v) is 3.60. The zero-order chi connectivity index (χ0) is 26.7. The summed E-state index contributed by atoms with van der Waals surface area (Å²) in [6.45, 7) is 3.13. The number of nitrogens with two attached hydrogens (primary N) is 1. The molecule has 37 heavy (non-hydrogen) atoms. The van der Waals surface area contributed by atoms with Crippen LogP contribution in [-0.4, -0.2) is 64.4 Å². The van der Waals surface area contributed by atoms with E-state index in [-0.39, 0.29) is 18.3 Å². The molecular weight excluding hydrogens is 492 g/mol. The van der Waals surface area contributed by atoms with Gasteiger partial charge in [0.25, 0.3) is 0 Å². The van der Waals surface area contributed by atoms with Crippen LogP contribution in [-0.2, 0) is 38.2 Å². The number of fused-ring (bicyclic) bond motifs is 1. The topological polar surface area (TPSA) is 187 Å². The van der Waals surface area contributed by atoms with Gasteiger partial charge in [0.2, 0.25) is 0 Å². The van der Waals surface area contributed by atoms with Crippen LogP contribution in [0.5, 0.6) is 0 Å². The number of nitrogens with zero attached hydrogens (tertiary/aromatic N) is 2. The Hall–Kier alpha value is -4.30. The van der Waals surface area contributed by atoms with Crippen molar-refractivity contribution in [3.05, 3.63) is 58.6 Å². The minimum Gasteiger partial charge on any atom is -0.459 e. The third-order valence-corrected chi connectivity index (χ3v) is 5.68. The van der Waals surface area contributed by atoms with Gasteiger partial charge in [0.1, 0.15) is 18.8 Å². The van der Waals surface area contributed by atoms with Crippen molar-refractivity contribution in [2.75, 3.05) is 12.1 Å². The molecule has 5 atom stereocenters. The van der Waals surface area contributed by atoms with Gasteiger partial charge in [-0.2, -0.15) is 4.98 Å². The Labute approximate surface area is 209 Å². The number of carbonyl (C=O) groups is 4. The Morgan fingerprint density at radius 2 is 1.76 bits per heavy atom. The third kappa shape index (κ3) is 5.59. The van der Waals surface area contributed by atoms with Crippen LogP contribution in [0.15, 0.2) is 47.4 Å². The van der Waals surface area contributed by atoms with Crippen molar-refractivity contribution in [3.8, 4) is 0 Å². The SMILES string of the molecule is CC(C)[C@@H](N)C(=O)ONc1ccn([C@@H]2O[C@H](COC(=O)c3ccccc3)[C@H]3OC(=O)C(=O)O[C@H]32)c(=O)n1. The van der Waals surface area contributed by atoms with Crippen molar-refractivity contribution in [3.63, 3.8) is 0 Å². The summed E-state index contributed by atoms with van der Waals surface area (Å²) in [4.78, 5) is 69.2. The van der Waals surface area contributed by atoms with E-state index >= 15 is 0 Å². The molecule has 0 radical (unpaired) electrons. The molecule has 196 valence electrons. The lowest BCUT2D eigenvalue weighted by Gasteiger charge is -2.28. The van der Waals surface area contributed by atoms with Crippen LogP contribution in [0.4, 0.5) is 5.82 Å². The highest BCUT2D eigenvalue weighted by Crippen LogP contribution is 2.35. The van der Waals surface area contributed by atoms with Crippen molar-refractivity contribution in [1.82, 2.24) is 9.55 Å². The van der Waals surface area contributed by atoms with Crippen LogP contribution in [0, 0.1) is 5.92 Å². The molecule has 0 aliphatic carbocycles. The smallest absolute Gasteiger partial charge is 0.418 e. The van der Waals surface area contributed by atoms with Gasteiger partial charge in [0.05, 0.1) is 5.56 Å². The molecule has 14 nitrogen and oxygen atoms in total. The van der Waals surface area contributed by atoms with Crippen molar-refractivity contribution >= 4 is 29.7 Å². The first-order chi connectivity index (χ1) is 17.7. The highest BCUT2D eigenvalue weighted by Gasteiger charge is 2.55. The molecule has 2 fully saturated rings. The first-order valence-corrected chi connectivity index (χ1v) is 11.3. The van der Waals surface area contributed by atoms with Crippen LogP contribution in [0.25, 0.3) is 0 Å². The molecule has 4 rings (SSSR count). The quantitative estimate of drug-likeness (QED) is 0.201. The predicted molar refractivity (Wildman–Crippen MR) is 121 cm³/mol. The molecule has 2 aromatic rings. The largest absolute Gasteiger partial charge is 0.459 e. The minimum atomic E-state index is -1.26. The lowest BCUT2D eigenvalue weighted by Crippen LogP contribution is -2.48. The monoisotopic (exact) mass is 516 g/mol. The maximum Gasteiger partial charge on any atom is 0.418 e. The average Bonchev–Trinajstić information content (AvgIpc) is 3.22. The Morgan fingerprint density at radius 3 is 2.41 bits per heavy atom. The van der Waals surface area contributed by atoms with Crippen molar-refractivity contribution in [2.45, 2.75) is 44.4 Å². The fraction of sp³-hybridized carbons (Fsp3) is 0.391. The van der Waals surface area contributed by atoms with Crippen molar-refractivity contribution in [2.24, 2.45) is 11.7 Å². The molecular formula is C23H24N4O10. The minimum absolute atomic E-state index is 0.0967. The van der Waals surface area contributed by atoms with Gasteiger partial charge in [-0.05, 0) is 18.1 Å². The lowest BCUT2D eigenvalue weighted by atomic mass is 10.1. The lowest BCUT2D eigenvalue weighted by molar-refractivity contribution is -0.195. The predicted octanol–water partition coefficient (Wildman–Crippen LogP) is -0.312. The summed E-state index contributed by atoms with van der Waals surface area (Å²) in [5.41, 5.74) is 7.39. The highest BCUT2D eigenvalue weighted by atomic mass is 16.7. The molecule has 0 unspecified atom stereocenters. The van der Waals surface area contributed by atoms with Crippen LogP contribution < -0.4 is 16.9 Å². The standard InChI is InChI=1S/C23H24N4O10/c1-11(2)15(24)20(29)37-26-14-8-9-27(23(32)25-14)18-17-16(35-21(30)22(31)36-17)13(34-18)10-33-19(28)12-6-4-3-5-7-12/h3-9,11,13,15-18H,10,24H2,1-2H3,(H,25,26,32)/t13-,15-,16-,17-,18-/m1/s1. The van der Waals surface area contributed by atoms with Gasteiger partial charge >= 0.3 is 29.6 Å². The van der Waals surface area contributed by atoms with E-state index < -0.39 is 60.1 Å². The number of aromatic nitrogens is 2. The number of hydrogen-bond donors (Lipinski definition) is 2. The number of nitrogens with one attached hydrogen (secondary N) is 1. The van der Waals surface area contributed by atoms with E-state index in [0.717, 1.165) is 4.57 Å². The Morgan fingerprint density at radius 1 is 1.08 bits per heavy atom. The number of benzene rings is 1. The van der Waals surface area contributed by atoms with E-state index in [1.54, 1.807) is 44.2 Å². The van der Waals surface area contributed by atoms with Gasteiger partial charge in [-0.1, -0.05) is 32.0 Å². The molecule has 1 aromatic carbocycles. The molecule has 1 aromatic heterocycles. The summed E-state index contributed by atoms with van der Waals surface area (Å²) in [6, 6.07) is 8.59. The Kier molecular flexibility index (Phi) is 7.50. The fourth-order valence-electron chi connectivity index (χ4n) is 3.60. The van der Waals surface area contributed by atoms with Crippen molar-refractivity contribution in [1.29, 1.82) is 0 Å². The van der Waals surface area contributed by atoms with Gasteiger partial charge in [-0.15, -0.1) is 0 Å². The number of hydrogen-bond acceptors (Lipinski definition) is 13. The summed E-state index contributed by atoms with van der Waals surface area (Å²) in [5.74, 6) is -4.16. The number of ether oxygens (including phenoxy) is 4. The summed E-state index contributed by atoms with van der Waals surface area (Å²) in [7, 11) is 0. The van der Waals surface area contributed by atoms with Crippen LogP contribution in [0.2, 0.25) is 0 Å². The maximum atomic E-state index is 12.7. The zero-order valence-electron chi connectivity index (χ0n) is 19.8. The number of esters is 3.